The molecule has 3 aromatic carbocycles. The van der Waals surface area contributed by atoms with Crippen LogP contribution in [0.2, 0.25) is 0 Å². The quantitative estimate of drug-likeness (QED) is 0.264. The average Bonchev–Trinajstić information content (AvgIpc) is 3.42. The molecule has 2 aliphatic rings. The molecule has 0 amide bonds. The summed E-state index contributed by atoms with van der Waals surface area (Å²) >= 11 is -2.66. The first kappa shape index (κ1) is 32.3. The van der Waals surface area contributed by atoms with Crippen LogP contribution in [0.1, 0.15) is 127 Å². The summed E-state index contributed by atoms with van der Waals surface area (Å²) in [5.41, 5.74) is 15.5. The Hall–Kier alpha value is -2.11. The van der Waals surface area contributed by atoms with Gasteiger partial charge in [-0.15, -0.1) is 0 Å². The zero-order valence-corrected chi connectivity index (χ0v) is 31.7. The van der Waals surface area contributed by atoms with Gasteiger partial charge >= 0.3 is 272 Å². The number of rotatable bonds is 4. The van der Waals surface area contributed by atoms with E-state index in [1.807, 2.05) is 3.28 Å². The van der Waals surface area contributed by atoms with Gasteiger partial charge in [-0.1, -0.05) is 0 Å². The van der Waals surface area contributed by atoms with E-state index in [1.165, 1.54) is 33.4 Å². The van der Waals surface area contributed by atoms with Crippen molar-refractivity contribution in [1.29, 1.82) is 0 Å². The normalized spacial score (nSPS) is 18.1. The Kier molecular flexibility index (Phi) is 8.53. The first-order valence-electron chi connectivity index (χ1n) is 16.5. The SMILES string of the molecule is CCC1=[C]([Zr](=[C](C)c2ccc(C)cc2)[CH]2c3cc(C(C)(C)C)ccc3-c3ccc(C(C)(C)C)cc32)C(C)C=C1C(C)(C)C. The second-order valence-corrected chi connectivity index (χ2v) is 22.9. The van der Waals surface area contributed by atoms with Crippen molar-refractivity contribution in [3.63, 3.8) is 0 Å². The van der Waals surface area contributed by atoms with Gasteiger partial charge in [0.25, 0.3) is 0 Å². The minimum atomic E-state index is -2.66. The van der Waals surface area contributed by atoms with Crippen molar-refractivity contribution in [2.75, 3.05) is 0 Å². The monoisotopic (exact) mass is 648 g/mol. The molecule has 0 heterocycles. The number of fused-ring (bicyclic) bond motifs is 3. The first-order chi connectivity index (χ1) is 19.9. The van der Waals surface area contributed by atoms with Crippen LogP contribution in [-0.2, 0) is 32.1 Å². The molecule has 226 valence electrons. The Morgan fingerprint density at radius 3 is 1.60 bits per heavy atom. The molecule has 0 saturated heterocycles. The zero-order chi connectivity index (χ0) is 31.6. The predicted octanol–water partition coefficient (Wildman–Crippen LogP) is 11.8. The van der Waals surface area contributed by atoms with E-state index in [0.717, 1.165) is 6.42 Å². The van der Waals surface area contributed by atoms with E-state index in [0.29, 0.717) is 9.54 Å². The average molecular weight is 650 g/mol. The maximum absolute atomic E-state index is 2.66. The number of hydrogen-bond acceptors (Lipinski definition) is 0. The van der Waals surface area contributed by atoms with Crippen molar-refractivity contribution in [3.05, 3.63) is 115 Å². The number of allylic oxidation sites excluding steroid dienone is 4. The standard InChI is InChI=1S/C21H25.C12H19.C9H10.Zr/c1-20(2,3)16-7-9-18-14(12-16)11-15-13-17(21(4,5)6)8-10-19(15)18;1-6-10-7-9(2)8-11(10)12(3,4)5;1-3-9-6-4-8(2)5-7-9;/h7-13H,1-6H3;8-9H,6H2,1-5H3;4-7H,1-2H3;. The summed E-state index contributed by atoms with van der Waals surface area (Å²) in [6.45, 7) is 31.0. The molecule has 2 aliphatic carbocycles. The second-order valence-electron chi connectivity index (χ2n) is 16.3. The van der Waals surface area contributed by atoms with Crippen LogP contribution in [0.4, 0.5) is 0 Å². The van der Waals surface area contributed by atoms with Crippen molar-refractivity contribution in [3.8, 4) is 11.1 Å². The summed E-state index contributed by atoms with van der Waals surface area (Å²) in [5.74, 6) is 0.489. The fourth-order valence-electron chi connectivity index (χ4n) is 7.38. The van der Waals surface area contributed by atoms with Crippen LogP contribution in [0, 0.1) is 18.3 Å². The fraction of sp³-hybridized carbons (Fsp3) is 0.452. The molecule has 43 heavy (non-hydrogen) atoms. The molecule has 0 radical (unpaired) electrons. The van der Waals surface area contributed by atoms with Gasteiger partial charge in [-0.3, -0.25) is 0 Å². The van der Waals surface area contributed by atoms with Crippen molar-refractivity contribution in [2.45, 2.75) is 111 Å². The van der Waals surface area contributed by atoms with Crippen LogP contribution in [0.15, 0.2) is 81.2 Å². The summed E-state index contributed by atoms with van der Waals surface area (Å²) in [6.07, 6.45) is 3.76. The van der Waals surface area contributed by atoms with Gasteiger partial charge in [-0.05, 0) is 0 Å². The molecule has 1 heteroatoms. The van der Waals surface area contributed by atoms with Gasteiger partial charge in [0.2, 0.25) is 0 Å². The predicted molar refractivity (Wildman–Crippen MR) is 186 cm³/mol. The van der Waals surface area contributed by atoms with Crippen LogP contribution in [0.3, 0.4) is 0 Å². The molecule has 5 rings (SSSR count). The molecule has 0 N–H and O–H groups in total. The van der Waals surface area contributed by atoms with E-state index < -0.39 is 21.3 Å². The molecule has 0 bridgehead atoms. The molecular weight excluding hydrogens is 596 g/mol. The van der Waals surface area contributed by atoms with Crippen molar-refractivity contribution >= 4 is 3.21 Å². The summed E-state index contributed by atoms with van der Waals surface area (Å²) in [4.78, 5) is 0. The van der Waals surface area contributed by atoms with Gasteiger partial charge < -0.3 is 0 Å². The van der Waals surface area contributed by atoms with Gasteiger partial charge in [0, 0.05) is 0 Å². The van der Waals surface area contributed by atoms with Crippen LogP contribution >= 0.6 is 0 Å². The van der Waals surface area contributed by atoms with Gasteiger partial charge in [0.15, 0.2) is 0 Å². The number of hydrogen-bond donors (Lipinski definition) is 0. The van der Waals surface area contributed by atoms with E-state index >= 15 is 0 Å². The molecule has 0 spiro atoms. The van der Waals surface area contributed by atoms with Gasteiger partial charge in [-0.2, -0.15) is 0 Å². The summed E-state index contributed by atoms with van der Waals surface area (Å²) in [6, 6.07) is 24.4. The fourth-order valence-corrected chi connectivity index (χ4v) is 17.1. The second kappa shape index (κ2) is 11.4. The van der Waals surface area contributed by atoms with Crippen LogP contribution in [0.5, 0.6) is 0 Å². The minimum absolute atomic E-state index is 0.111. The summed E-state index contributed by atoms with van der Waals surface area (Å²) in [5, 5.41) is 0. The van der Waals surface area contributed by atoms with Crippen molar-refractivity contribution in [1.82, 2.24) is 0 Å². The van der Waals surface area contributed by atoms with Crippen molar-refractivity contribution < 1.29 is 21.3 Å². The Morgan fingerprint density at radius 2 is 1.19 bits per heavy atom. The van der Waals surface area contributed by atoms with E-state index in [2.05, 4.69) is 157 Å². The van der Waals surface area contributed by atoms with Gasteiger partial charge in [0.1, 0.15) is 0 Å². The van der Waals surface area contributed by atoms with Gasteiger partial charge in [0.05, 0.1) is 0 Å². The Bertz CT molecular complexity index is 1590. The zero-order valence-electron chi connectivity index (χ0n) is 29.2. The van der Waals surface area contributed by atoms with E-state index in [4.69, 9.17) is 0 Å². The van der Waals surface area contributed by atoms with Crippen molar-refractivity contribution in [2.24, 2.45) is 11.3 Å². The maximum atomic E-state index is 2.64. The first-order valence-corrected chi connectivity index (χ1v) is 20.3. The van der Waals surface area contributed by atoms with Crippen LogP contribution in [-0.4, -0.2) is 3.21 Å². The van der Waals surface area contributed by atoms with E-state index in [9.17, 15) is 0 Å². The molecule has 0 saturated carbocycles. The molecule has 1 atom stereocenters. The molecule has 1 unspecified atom stereocenters. The molecule has 0 aromatic heterocycles. The van der Waals surface area contributed by atoms with Crippen LogP contribution in [0.25, 0.3) is 11.1 Å². The third-order valence-electron chi connectivity index (χ3n) is 9.90. The third kappa shape index (κ3) is 5.98. The molecule has 0 aliphatic heterocycles. The third-order valence-corrected chi connectivity index (χ3v) is 18.8. The van der Waals surface area contributed by atoms with E-state index in [-0.39, 0.29) is 16.2 Å². The molecular formula is C42H54Zr. The summed E-state index contributed by atoms with van der Waals surface area (Å²) < 4.78 is 3.98. The molecule has 0 nitrogen and oxygen atoms in total. The number of benzene rings is 3. The Morgan fingerprint density at radius 1 is 0.698 bits per heavy atom. The summed E-state index contributed by atoms with van der Waals surface area (Å²) in [7, 11) is 0. The Balaban J connectivity index is 1.91. The Labute approximate surface area is 270 Å². The van der Waals surface area contributed by atoms with E-state index in [1.54, 1.807) is 25.5 Å². The number of aryl methyl sites for hydroxylation is 1. The topological polar surface area (TPSA) is 0 Å². The van der Waals surface area contributed by atoms with Crippen LogP contribution < -0.4 is 0 Å². The molecule has 0 fully saturated rings. The van der Waals surface area contributed by atoms with Gasteiger partial charge in [-0.25, -0.2) is 0 Å². The molecule has 3 aromatic rings.